The lowest BCUT2D eigenvalue weighted by molar-refractivity contribution is -0.117. The van der Waals surface area contributed by atoms with E-state index in [1.807, 2.05) is 24.3 Å². The van der Waals surface area contributed by atoms with E-state index >= 15 is 0 Å². The van der Waals surface area contributed by atoms with Crippen LogP contribution in [0.5, 0.6) is 5.75 Å². The molecule has 1 amide bonds. The summed E-state index contributed by atoms with van der Waals surface area (Å²) in [5.41, 5.74) is 0.821. The summed E-state index contributed by atoms with van der Waals surface area (Å²) in [6, 6.07) is 7.58. The van der Waals surface area contributed by atoms with Gasteiger partial charge in [0.25, 0.3) is 0 Å². The molecule has 24 heavy (non-hydrogen) atoms. The molecule has 1 saturated carbocycles. The molecule has 0 radical (unpaired) electrons. The van der Waals surface area contributed by atoms with Gasteiger partial charge < -0.3 is 10.1 Å². The van der Waals surface area contributed by atoms with Crippen LogP contribution in [0.3, 0.4) is 0 Å². The molecular formula is C21H27NO2. The maximum Gasteiger partial charge on any atom is 0.228 e. The molecule has 0 saturated heterocycles. The zero-order valence-corrected chi connectivity index (χ0v) is 14.4. The first-order valence-electron chi connectivity index (χ1n) is 9.04. The SMILES string of the molecule is COc1cccc(NC(=O)C2[C@H]3CCC=CCCC=CCC[C@@H]23)c1. The van der Waals surface area contributed by atoms with E-state index in [0.717, 1.165) is 50.0 Å². The van der Waals surface area contributed by atoms with Gasteiger partial charge in [0.1, 0.15) is 5.75 Å². The number of fused-ring (bicyclic) bond motifs is 1. The monoisotopic (exact) mass is 325 g/mol. The van der Waals surface area contributed by atoms with Crippen molar-refractivity contribution >= 4 is 11.6 Å². The van der Waals surface area contributed by atoms with E-state index in [-0.39, 0.29) is 11.8 Å². The number of hydrogen-bond acceptors (Lipinski definition) is 2. The highest BCUT2D eigenvalue weighted by Gasteiger charge is 2.52. The molecule has 2 aliphatic rings. The fraction of sp³-hybridized carbons (Fsp3) is 0.476. The van der Waals surface area contributed by atoms with E-state index in [1.165, 1.54) is 0 Å². The molecule has 1 fully saturated rings. The number of anilines is 1. The molecule has 0 heterocycles. The van der Waals surface area contributed by atoms with Gasteiger partial charge in [0.05, 0.1) is 7.11 Å². The van der Waals surface area contributed by atoms with E-state index in [0.29, 0.717) is 11.8 Å². The maximum atomic E-state index is 12.7. The number of carbonyl (C=O) groups excluding carboxylic acids is 1. The molecule has 3 atom stereocenters. The minimum Gasteiger partial charge on any atom is -0.497 e. The Bertz CT molecular complexity index is 596. The van der Waals surface area contributed by atoms with Gasteiger partial charge in [-0.05, 0) is 62.5 Å². The van der Waals surface area contributed by atoms with E-state index in [1.54, 1.807) is 7.11 Å². The lowest BCUT2D eigenvalue weighted by atomic mass is 10.1. The number of nitrogens with one attached hydrogen (secondary N) is 1. The Balaban J connectivity index is 1.61. The van der Waals surface area contributed by atoms with Crippen LogP contribution >= 0.6 is 0 Å². The molecule has 0 aliphatic heterocycles. The summed E-state index contributed by atoms with van der Waals surface area (Å²) >= 11 is 0. The van der Waals surface area contributed by atoms with E-state index < -0.39 is 0 Å². The molecule has 3 rings (SSSR count). The van der Waals surface area contributed by atoms with E-state index in [2.05, 4.69) is 29.6 Å². The third-order valence-electron chi connectivity index (χ3n) is 5.14. The number of rotatable bonds is 3. The van der Waals surface area contributed by atoms with Crippen LogP contribution < -0.4 is 10.1 Å². The van der Waals surface area contributed by atoms with Gasteiger partial charge in [-0.1, -0.05) is 30.4 Å². The molecular weight excluding hydrogens is 298 g/mol. The van der Waals surface area contributed by atoms with Crippen LogP contribution in [0.4, 0.5) is 5.69 Å². The second kappa shape index (κ2) is 8.18. The molecule has 0 aromatic heterocycles. The van der Waals surface area contributed by atoms with Crippen molar-refractivity contribution in [2.24, 2.45) is 17.8 Å². The van der Waals surface area contributed by atoms with Gasteiger partial charge in [-0.25, -0.2) is 0 Å². The number of methoxy groups -OCH3 is 1. The Labute approximate surface area is 144 Å². The standard InChI is InChI=1S/C21H27NO2/c1-24-17-12-10-11-16(15-17)22-21(23)20-18-13-8-6-4-2-3-5-7-9-14-19(18)20/h4-7,10-12,15,18-20H,2-3,8-9,13-14H2,1H3,(H,22,23)/t18-,19+,20?. The van der Waals surface area contributed by atoms with Crippen molar-refractivity contribution in [2.75, 3.05) is 12.4 Å². The van der Waals surface area contributed by atoms with Crippen LogP contribution in [0.15, 0.2) is 48.6 Å². The zero-order chi connectivity index (χ0) is 16.8. The molecule has 1 aromatic carbocycles. The van der Waals surface area contributed by atoms with Crippen LogP contribution in [-0.2, 0) is 4.79 Å². The highest BCUT2D eigenvalue weighted by molar-refractivity contribution is 5.95. The molecule has 1 N–H and O–H groups in total. The van der Waals surface area contributed by atoms with E-state index in [4.69, 9.17) is 4.74 Å². The topological polar surface area (TPSA) is 38.3 Å². The number of ether oxygens (including phenoxy) is 1. The summed E-state index contributed by atoms with van der Waals surface area (Å²) in [4.78, 5) is 12.7. The van der Waals surface area contributed by atoms with Crippen molar-refractivity contribution in [1.82, 2.24) is 0 Å². The Hall–Kier alpha value is -2.03. The lowest BCUT2D eigenvalue weighted by Gasteiger charge is -2.07. The fourth-order valence-corrected chi connectivity index (χ4v) is 3.79. The predicted octanol–water partition coefficient (Wildman–Crippen LogP) is 4.96. The second-order valence-corrected chi connectivity index (χ2v) is 6.75. The summed E-state index contributed by atoms with van der Waals surface area (Å²) in [6.07, 6.45) is 15.8. The first-order valence-corrected chi connectivity index (χ1v) is 9.04. The van der Waals surface area contributed by atoms with Crippen LogP contribution in [0.1, 0.15) is 38.5 Å². The average Bonchev–Trinajstić information content (AvgIpc) is 3.27. The number of carbonyl (C=O) groups is 1. The maximum absolute atomic E-state index is 12.7. The quantitative estimate of drug-likeness (QED) is 0.797. The number of hydrogen-bond donors (Lipinski definition) is 1. The Kier molecular flexibility index (Phi) is 5.73. The average molecular weight is 325 g/mol. The lowest BCUT2D eigenvalue weighted by Crippen LogP contribution is -2.15. The Morgan fingerprint density at radius 2 is 1.62 bits per heavy atom. The largest absolute Gasteiger partial charge is 0.497 e. The van der Waals surface area contributed by atoms with Crippen molar-refractivity contribution in [3.05, 3.63) is 48.6 Å². The highest BCUT2D eigenvalue weighted by Crippen LogP contribution is 2.52. The number of amides is 1. The van der Waals surface area contributed by atoms with Crippen molar-refractivity contribution in [3.63, 3.8) is 0 Å². The molecule has 3 nitrogen and oxygen atoms in total. The van der Waals surface area contributed by atoms with Crippen LogP contribution in [0.25, 0.3) is 0 Å². The van der Waals surface area contributed by atoms with Gasteiger partial charge in [0, 0.05) is 17.7 Å². The zero-order valence-electron chi connectivity index (χ0n) is 14.4. The molecule has 0 spiro atoms. The van der Waals surface area contributed by atoms with Crippen molar-refractivity contribution in [1.29, 1.82) is 0 Å². The molecule has 2 aliphatic carbocycles. The number of benzene rings is 1. The summed E-state index contributed by atoms with van der Waals surface area (Å²) in [6.45, 7) is 0. The van der Waals surface area contributed by atoms with Crippen LogP contribution in [0, 0.1) is 17.8 Å². The first kappa shape index (κ1) is 16.8. The minimum absolute atomic E-state index is 0.166. The van der Waals surface area contributed by atoms with Crippen molar-refractivity contribution < 1.29 is 9.53 Å². The summed E-state index contributed by atoms with van der Waals surface area (Å²) < 4.78 is 5.23. The Morgan fingerprint density at radius 1 is 1.00 bits per heavy atom. The van der Waals surface area contributed by atoms with Gasteiger partial charge >= 0.3 is 0 Å². The normalized spacial score (nSPS) is 26.6. The molecule has 3 heteroatoms. The van der Waals surface area contributed by atoms with Gasteiger partial charge in [-0.2, -0.15) is 0 Å². The summed E-state index contributed by atoms with van der Waals surface area (Å²) in [5.74, 6) is 2.17. The molecule has 1 aromatic rings. The third kappa shape index (κ3) is 4.28. The van der Waals surface area contributed by atoms with Crippen LogP contribution in [-0.4, -0.2) is 13.0 Å². The first-order chi connectivity index (χ1) is 11.8. The van der Waals surface area contributed by atoms with Gasteiger partial charge in [-0.3, -0.25) is 4.79 Å². The second-order valence-electron chi connectivity index (χ2n) is 6.75. The van der Waals surface area contributed by atoms with E-state index in [9.17, 15) is 4.79 Å². The third-order valence-corrected chi connectivity index (χ3v) is 5.14. The molecule has 0 bridgehead atoms. The summed E-state index contributed by atoms with van der Waals surface area (Å²) in [7, 11) is 1.64. The minimum atomic E-state index is 0.166. The van der Waals surface area contributed by atoms with Gasteiger partial charge in [-0.15, -0.1) is 0 Å². The smallest absolute Gasteiger partial charge is 0.228 e. The van der Waals surface area contributed by atoms with Crippen molar-refractivity contribution in [2.45, 2.75) is 38.5 Å². The summed E-state index contributed by atoms with van der Waals surface area (Å²) in [5, 5.41) is 3.08. The number of allylic oxidation sites excluding steroid dienone is 4. The predicted molar refractivity (Wildman–Crippen MR) is 98.1 cm³/mol. The van der Waals surface area contributed by atoms with Crippen LogP contribution in [0.2, 0.25) is 0 Å². The molecule has 128 valence electrons. The van der Waals surface area contributed by atoms with Gasteiger partial charge in [0.2, 0.25) is 5.91 Å². The Morgan fingerprint density at radius 3 is 2.25 bits per heavy atom. The molecule has 1 unspecified atom stereocenters. The highest BCUT2D eigenvalue weighted by atomic mass is 16.5. The fourth-order valence-electron chi connectivity index (χ4n) is 3.79. The van der Waals surface area contributed by atoms with Gasteiger partial charge in [0.15, 0.2) is 0 Å². The van der Waals surface area contributed by atoms with Crippen molar-refractivity contribution in [3.8, 4) is 5.75 Å².